The highest BCUT2D eigenvalue weighted by molar-refractivity contribution is 6.33. The van der Waals surface area contributed by atoms with Crippen LogP contribution in [0.3, 0.4) is 0 Å². The van der Waals surface area contributed by atoms with Gasteiger partial charge in [0.05, 0.1) is 42.2 Å². The van der Waals surface area contributed by atoms with Gasteiger partial charge in [-0.3, -0.25) is 14.8 Å². The van der Waals surface area contributed by atoms with E-state index in [2.05, 4.69) is 20.4 Å². The molecule has 0 spiro atoms. The molecule has 1 saturated heterocycles. The van der Waals surface area contributed by atoms with E-state index < -0.39 is 0 Å². The smallest absolute Gasteiger partial charge is 0.238 e. The van der Waals surface area contributed by atoms with E-state index in [0.29, 0.717) is 30.5 Å². The van der Waals surface area contributed by atoms with E-state index in [1.807, 2.05) is 26.0 Å². The average molecular weight is 349 g/mol. The summed E-state index contributed by atoms with van der Waals surface area (Å²) in [5.41, 5.74) is 3.70. The topological polar surface area (TPSA) is 70.2 Å². The molecule has 0 bridgehead atoms. The van der Waals surface area contributed by atoms with Crippen molar-refractivity contribution in [3.05, 3.63) is 46.2 Å². The standard InChI is InChI=1S/C17H21ClN4O2/c1-11-17(12(2)21-20-11)15-10-24-8-7-22(15)9-16(23)19-14-6-4-3-5-13(14)18/h3-6,15H,7-10H2,1-2H3,(H,19,23)(H,20,21). The van der Waals surface area contributed by atoms with E-state index in [1.165, 1.54) is 0 Å². The number of carbonyl (C=O) groups excluding carboxylic acids is 1. The first-order valence-corrected chi connectivity index (χ1v) is 8.31. The third-order valence-corrected chi connectivity index (χ3v) is 4.58. The fraction of sp³-hybridized carbons (Fsp3) is 0.412. The molecule has 24 heavy (non-hydrogen) atoms. The maximum absolute atomic E-state index is 12.4. The lowest BCUT2D eigenvalue weighted by Crippen LogP contribution is -2.44. The van der Waals surface area contributed by atoms with Gasteiger partial charge in [0.2, 0.25) is 5.91 Å². The molecule has 1 aliphatic rings. The number of nitrogens with zero attached hydrogens (tertiary/aromatic N) is 2. The number of hydrogen-bond donors (Lipinski definition) is 2. The Hall–Kier alpha value is -1.89. The molecule has 2 aromatic rings. The molecule has 128 valence electrons. The molecule has 2 N–H and O–H groups in total. The average Bonchev–Trinajstić information content (AvgIpc) is 2.89. The van der Waals surface area contributed by atoms with Crippen LogP contribution in [0, 0.1) is 13.8 Å². The predicted molar refractivity (Wildman–Crippen MR) is 93.3 cm³/mol. The lowest BCUT2D eigenvalue weighted by atomic mass is 10.0. The quantitative estimate of drug-likeness (QED) is 0.891. The molecule has 2 heterocycles. The second kappa shape index (κ2) is 7.34. The van der Waals surface area contributed by atoms with Gasteiger partial charge in [0.15, 0.2) is 0 Å². The van der Waals surface area contributed by atoms with Gasteiger partial charge in [-0.25, -0.2) is 0 Å². The summed E-state index contributed by atoms with van der Waals surface area (Å²) in [5.74, 6) is -0.0891. The summed E-state index contributed by atoms with van der Waals surface area (Å²) in [7, 11) is 0. The van der Waals surface area contributed by atoms with Crippen LogP contribution in [0.5, 0.6) is 0 Å². The Balaban J connectivity index is 1.72. The Bertz CT molecular complexity index is 712. The number of morpholine rings is 1. The van der Waals surface area contributed by atoms with Gasteiger partial charge >= 0.3 is 0 Å². The second-order valence-electron chi connectivity index (χ2n) is 5.94. The highest BCUT2D eigenvalue weighted by Crippen LogP contribution is 2.28. The van der Waals surface area contributed by atoms with Crippen LogP contribution in [0.25, 0.3) is 0 Å². The van der Waals surface area contributed by atoms with Crippen LogP contribution in [0.15, 0.2) is 24.3 Å². The number of anilines is 1. The molecule has 1 fully saturated rings. The second-order valence-corrected chi connectivity index (χ2v) is 6.34. The van der Waals surface area contributed by atoms with Gasteiger partial charge in [-0.15, -0.1) is 0 Å². The summed E-state index contributed by atoms with van der Waals surface area (Å²) < 4.78 is 5.63. The number of aromatic nitrogens is 2. The van der Waals surface area contributed by atoms with Crippen molar-refractivity contribution in [3.63, 3.8) is 0 Å². The number of aromatic amines is 1. The van der Waals surface area contributed by atoms with Crippen LogP contribution in [-0.2, 0) is 9.53 Å². The molecule has 6 nitrogen and oxygen atoms in total. The minimum absolute atomic E-state index is 0.0227. The predicted octanol–water partition coefficient (Wildman–Crippen LogP) is 2.69. The van der Waals surface area contributed by atoms with Gasteiger partial charge in [-0.2, -0.15) is 5.10 Å². The van der Waals surface area contributed by atoms with Crippen LogP contribution < -0.4 is 5.32 Å². The fourth-order valence-corrected chi connectivity index (χ4v) is 3.26. The lowest BCUT2D eigenvalue weighted by Gasteiger charge is -2.35. The van der Waals surface area contributed by atoms with Crippen molar-refractivity contribution < 1.29 is 9.53 Å². The van der Waals surface area contributed by atoms with E-state index in [-0.39, 0.29) is 18.5 Å². The third-order valence-electron chi connectivity index (χ3n) is 4.25. The Morgan fingerprint density at radius 1 is 1.46 bits per heavy atom. The summed E-state index contributed by atoms with van der Waals surface area (Å²) in [4.78, 5) is 14.6. The van der Waals surface area contributed by atoms with E-state index in [0.717, 1.165) is 17.0 Å². The van der Waals surface area contributed by atoms with E-state index in [9.17, 15) is 4.79 Å². The molecule has 1 atom stereocenters. The Morgan fingerprint density at radius 2 is 2.25 bits per heavy atom. The van der Waals surface area contributed by atoms with Crippen molar-refractivity contribution in [3.8, 4) is 0 Å². The monoisotopic (exact) mass is 348 g/mol. The number of ether oxygens (including phenoxy) is 1. The molecule has 1 amide bonds. The number of hydrogen-bond acceptors (Lipinski definition) is 4. The SMILES string of the molecule is Cc1n[nH]c(C)c1C1COCCN1CC(=O)Nc1ccccc1Cl. The van der Waals surface area contributed by atoms with Gasteiger partial charge in [-0.05, 0) is 26.0 Å². The first-order valence-electron chi connectivity index (χ1n) is 7.94. The zero-order valence-corrected chi connectivity index (χ0v) is 14.6. The van der Waals surface area contributed by atoms with Crippen LogP contribution in [0.4, 0.5) is 5.69 Å². The van der Waals surface area contributed by atoms with Crippen molar-refractivity contribution in [2.45, 2.75) is 19.9 Å². The lowest BCUT2D eigenvalue weighted by molar-refractivity contribution is -0.119. The Labute approximate surface area is 146 Å². The highest BCUT2D eigenvalue weighted by atomic mass is 35.5. The normalized spacial score (nSPS) is 18.5. The number of H-pyrrole nitrogens is 1. The highest BCUT2D eigenvalue weighted by Gasteiger charge is 2.29. The number of rotatable bonds is 4. The van der Waals surface area contributed by atoms with Crippen LogP contribution in [-0.4, -0.2) is 47.3 Å². The summed E-state index contributed by atoms with van der Waals surface area (Å²) >= 11 is 6.10. The molecule has 0 aliphatic carbocycles. The Kier molecular flexibility index (Phi) is 5.18. The van der Waals surface area contributed by atoms with Crippen LogP contribution in [0.1, 0.15) is 23.0 Å². The van der Waals surface area contributed by atoms with Gasteiger partial charge < -0.3 is 10.1 Å². The maximum atomic E-state index is 12.4. The number of carbonyl (C=O) groups is 1. The first kappa shape index (κ1) is 17.0. The van der Waals surface area contributed by atoms with Crippen LogP contribution in [0.2, 0.25) is 5.02 Å². The number of halogens is 1. The van der Waals surface area contributed by atoms with Crippen molar-refractivity contribution in [2.75, 3.05) is 31.6 Å². The van der Waals surface area contributed by atoms with Gasteiger partial charge in [0.25, 0.3) is 0 Å². The van der Waals surface area contributed by atoms with Crippen molar-refractivity contribution in [2.24, 2.45) is 0 Å². The minimum atomic E-state index is -0.0891. The molecule has 0 saturated carbocycles. The molecule has 7 heteroatoms. The first-order chi connectivity index (χ1) is 11.6. The summed E-state index contributed by atoms with van der Waals surface area (Å²) in [5, 5.41) is 10.7. The fourth-order valence-electron chi connectivity index (χ4n) is 3.08. The van der Waals surface area contributed by atoms with Gasteiger partial charge in [0.1, 0.15) is 0 Å². The van der Waals surface area contributed by atoms with Crippen molar-refractivity contribution in [1.82, 2.24) is 15.1 Å². The van der Waals surface area contributed by atoms with Gasteiger partial charge in [-0.1, -0.05) is 23.7 Å². The molecular formula is C17H21ClN4O2. The van der Waals surface area contributed by atoms with E-state index in [4.69, 9.17) is 16.3 Å². The molecule has 0 radical (unpaired) electrons. The van der Waals surface area contributed by atoms with Crippen molar-refractivity contribution in [1.29, 1.82) is 0 Å². The Morgan fingerprint density at radius 3 is 2.96 bits per heavy atom. The molecular weight excluding hydrogens is 328 g/mol. The summed E-state index contributed by atoms with van der Waals surface area (Å²) in [6.07, 6.45) is 0. The van der Waals surface area contributed by atoms with E-state index >= 15 is 0 Å². The van der Waals surface area contributed by atoms with Gasteiger partial charge in [0, 0.05) is 17.8 Å². The zero-order valence-electron chi connectivity index (χ0n) is 13.8. The molecule has 1 aromatic heterocycles. The number of amides is 1. The summed E-state index contributed by atoms with van der Waals surface area (Å²) in [6, 6.07) is 7.25. The van der Waals surface area contributed by atoms with E-state index in [1.54, 1.807) is 12.1 Å². The third kappa shape index (κ3) is 3.61. The molecule has 1 aliphatic heterocycles. The summed E-state index contributed by atoms with van der Waals surface area (Å²) in [6.45, 7) is 6.11. The molecule has 3 rings (SSSR count). The largest absolute Gasteiger partial charge is 0.378 e. The number of aryl methyl sites for hydroxylation is 2. The molecule has 1 aromatic carbocycles. The molecule has 1 unspecified atom stereocenters. The maximum Gasteiger partial charge on any atom is 0.238 e. The number of benzene rings is 1. The number of nitrogens with one attached hydrogen (secondary N) is 2. The van der Waals surface area contributed by atoms with Crippen LogP contribution >= 0.6 is 11.6 Å². The number of para-hydroxylation sites is 1. The zero-order chi connectivity index (χ0) is 17.1. The minimum Gasteiger partial charge on any atom is -0.378 e. The van der Waals surface area contributed by atoms with Crippen molar-refractivity contribution >= 4 is 23.2 Å².